The normalized spacial score (nSPS) is 22.4. The van der Waals surface area contributed by atoms with Crippen molar-refractivity contribution in [3.8, 4) is 0 Å². The minimum atomic E-state index is -0.934. The first kappa shape index (κ1) is 11.9. The minimum Gasteiger partial charge on any atom is -0.478 e. The number of carboxylic acid groups (broad SMARTS) is 1. The average Bonchev–Trinajstić information content (AvgIpc) is 2.59. The lowest BCUT2D eigenvalue weighted by molar-refractivity contribution is 0.0697. The van der Waals surface area contributed by atoms with E-state index >= 15 is 0 Å². The van der Waals surface area contributed by atoms with Gasteiger partial charge in [-0.3, -0.25) is 0 Å². The molecule has 4 nitrogen and oxygen atoms in total. The topological polar surface area (TPSA) is 62.2 Å². The molecule has 0 aliphatic heterocycles. The van der Waals surface area contributed by atoms with Crippen molar-refractivity contribution in [1.82, 2.24) is 4.98 Å². The maximum Gasteiger partial charge on any atom is 0.339 e. The Balaban J connectivity index is 2.21. The summed E-state index contributed by atoms with van der Waals surface area (Å²) in [5, 5.41) is 12.4. The number of nitrogens with zero attached hydrogens (tertiary/aromatic N) is 1. The molecule has 2 N–H and O–H groups in total. The Morgan fingerprint density at radius 3 is 2.94 bits per heavy atom. The van der Waals surface area contributed by atoms with Crippen molar-refractivity contribution in [3.05, 3.63) is 23.9 Å². The third kappa shape index (κ3) is 2.40. The predicted molar refractivity (Wildman–Crippen MR) is 66.2 cm³/mol. The number of carbonyl (C=O) groups is 1. The second-order valence-electron chi connectivity index (χ2n) is 5.28. The molecule has 0 saturated heterocycles. The van der Waals surface area contributed by atoms with Crippen LogP contribution in [-0.2, 0) is 0 Å². The molecule has 1 fully saturated rings. The van der Waals surface area contributed by atoms with Crippen LogP contribution in [-0.4, -0.2) is 22.1 Å². The zero-order valence-electron chi connectivity index (χ0n) is 10.2. The molecular formula is C13H18N2O2. The van der Waals surface area contributed by atoms with Crippen LogP contribution in [0.4, 0.5) is 5.82 Å². The summed E-state index contributed by atoms with van der Waals surface area (Å²) in [6.45, 7) is 4.42. The third-order valence-corrected chi connectivity index (χ3v) is 3.61. The van der Waals surface area contributed by atoms with E-state index in [1.165, 1.54) is 12.8 Å². The Hall–Kier alpha value is -1.58. The van der Waals surface area contributed by atoms with Crippen molar-refractivity contribution >= 4 is 11.8 Å². The number of carboxylic acids is 1. The second kappa shape index (κ2) is 4.35. The van der Waals surface area contributed by atoms with Crippen LogP contribution in [0.2, 0.25) is 0 Å². The van der Waals surface area contributed by atoms with Crippen LogP contribution in [0.1, 0.15) is 43.5 Å². The molecule has 2 rings (SSSR count). The number of rotatable bonds is 3. The standard InChI is InChI=1S/C13H18N2O2/c1-13(2)7-3-6-10(13)15-11-9(12(16)17)5-4-8-14-11/h4-5,8,10H,3,6-7H2,1-2H3,(H,14,15)(H,16,17). The molecule has 92 valence electrons. The fourth-order valence-electron chi connectivity index (χ4n) is 2.45. The van der Waals surface area contributed by atoms with Crippen molar-refractivity contribution < 1.29 is 9.90 Å². The van der Waals surface area contributed by atoms with Gasteiger partial charge < -0.3 is 10.4 Å². The molecule has 1 atom stereocenters. The number of anilines is 1. The fraction of sp³-hybridized carbons (Fsp3) is 0.538. The molecule has 17 heavy (non-hydrogen) atoms. The Labute approximate surface area is 101 Å². The molecule has 0 amide bonds. The van der Waals surface area contributed by atoms with E-state index in [-0.39, 0.29) is 11.0 Å². The van der Waals surface area contributed by atoms with E-state index in [9.17, 15) is 4.79 Å². The predicted octanol–water partition coefficient (Wildman–Crippen LogP) is 2.77. The molecule has 1 heterocycles. The van der Waals surface area contributed by atoms with Crippen LogP contribution in [0.3, 0.4) is 0 Å². The lowest BCUT2D eigenvalue weighted by Crippen LogP contribution is -2.31. The first-order chi connectivity index (χ1) is 8.00. The smallest absolute Gasteiger partial charge is 0.339 e. The van der Waals surface area contributed by atoms with Gasteiger partial charge in [0, 0.05) is 12.2 Å². The lowest BCUT2D eigenvalue weighted by atomic mass is 9.87. The Morgan fingerprint density at radius 2 is 2.35 bits per heavy atom. The molecule has 1 aliphatic carbocycles. The number of aromatic carboxylic acids is 1. The van der Waals surface area contributed by atoms with Gasteiger partial charge >= 0.3 is 5.97 Å². The molecule has 0 radical (unpaired) electrons. The van der Waals surface area contributed by atoms with Crippen LogP contribution >= 0.6 is 0 Å². The van der Waals surface area contributed by atoms with Gasteiger partial charge in [0.05, 0.1) is 0 Å². The molecule has 0 spiro atoms. The molecule has 1 aliphatic rings. The van der Waals surface area contributed by atoms with Crippen molar-refractivity contribution in [3.63, 3.8) is 0 Å². The lowest BCUT2D eigenvalue weighted by Gasteiger charge is -2.28. The summed E-state index contributed by atoms with van der Waals surface area (Å²) in [6, 6.07) is 3.53. The summed E-state index contributed by atoms with van der Waals surface area (Å²) >= 11 is 0. The van der Waals surface area contributed by atoms with E-state index in [0.717, 1.165) is 6.42 Å². The van der Waals surface area contributed by atoms with E-state index in [2.05, 4.69) is 24.1 Å². The number of nitrogens with one attached hydrogen (secondary N) is 1. The molecular weight excluding hydrogens is 216 g/mol. The van der Waals surface area contributed by atoms with Gasteiger partial charge in [-0.15, -0.1) is 0 Å². The highest BCUT2D eigenvalue weighted by Crippen LogP contribution is 2.39. The van der Waals surface area contributed by atoms with Gasteiger partial charge in [-0.1, -0.05) is 20.3 Å². The Bertz CT molecular complexity index is 429. The summed E-state index contributed by atoms with van der Waals surface area (Å²) in [5.41, 5.74) is 0.447. The van der Waals surface area contributed by atoms with Gasteiger partial charge in [0.2, 0.25) is 0 Å². The molecule has 1 unspecified atom stereocenters. The number of hydrogen-bond donors (Lipinski definition) is 2. The third-order valence-electron chi connectivity index (χ3n) is 3.61. The highest BCUT2D eigenvalue weighted by atomic mass is 16.4. The SMILES string of the molecule is CC1(C)CCCC1Nc1ncccc1C(=O)O. The summed E-state index contributed by atoms with van der Waals surface area (Å²) in [7, 11) is 0. The van der Waals surface area contributed by atoms with Crippen LogP contribution in [0.25, 0.3) is 0 Å². The zero-order valence-corrected chi connectivity index (χ0v) is 10.2. The minimum absolute atomic E-state index is 0.202. The van der Waals surface area contributed by atoms with Gasteiger partial charge in [0.1, 0.15) is 11.4 Å². The molecule has 0 bridgehead atoms. The number of pyridine rings is 1. The van der Waals surface area contributed by atoms with Gasteiger partial charge in [-0.2, -0.15) is 0 Å². The largest absolute Gasteiger partial charge is 0.478 e. The number of aromatic nitrogens is 1. The van der Waals surface area contributed by atoms with Crippen LogP contribution in [0.5, 0.6) is 0 Å². The van der Waals surface area contributed by atoms with E-state index in [4.69, 9.17) is 5.11 Å². The Morgan fingerprint density at radius 1 is 1.59 bits per heavy atom. The monoisotopic (exact) mass is 234 g/mol. The number of hydrogen-bond acceptors (Lipinski definition) is 3. The van der Waals surface area contributed by atoms with Gasteiger partial charge in [0.15, 0.2) is 0 Å². The fourth-order valence-corrected chi connectivity index (χ4v) is 2.45. The second-order valence-corrected chi connectivity index (χ2v) is 5.28. The van der Waals surface area contributed by atoms with Gasteiger partial charge in [-0.25, -0.2) is 9.78 Å². The highest BCUT2D eigenvalue weighted by Gasteiger charge is 2.35. The summed E-state index contributed by atoms with van der Waals surface area (Å²) in [6.07, 6.45) is 5.04. The van der Waals surface area contributed by atoms with Gasteiger partial charge in [-0.05, 0) is 30.4 Å². The average molecular weight is 234 g/mol. The molecule has 1 saturated carbocycles. The molecule has 1 aromatic heterocycles. The molecule has 4 heteroatoms. The van der Waals surface area contributed by atoms with E-state index in [1.807, 2.05) is 0 Å². The zero-order chi connectivity index (χ0) is 12.5. The van der Waals surface area contributed by atoms with Crippen molar-refractivity contribution in [2.24, 2.45) is 5.41 Å². The van der Waals surface area contributed by atoms with Gasteiger partial charge in [0.25, 0.3) is 0 Å². The van der Waals surface area contributed by atoms with E-state index < -0.39 is 5.97 Å². The quantitative estimate of drug-likeness (QED) is 0.844. The first-order valence-corrected chi connectivity index (χ1v) is 5.95. The van der Waals surface area contributed by atoms with Crippen molar-refractivity contribution in [1.29, 1.82) is 0 Å². The summed E-state index contributed by atoms with van der Waals surface area (Å²) < 4.78 is 0. The van der Waals surface area contributed by atoms with E-state index in [1.54, 1.807) is 18.3 Å². The summed E-state index contributed by atoms with van der Waals surface area (Å²) in [5.74, 6) is -0.448. The van der Waals surface area contributed by atoms with Crippen LogP contribution in [0, 0.1) is 5.41 Å². The van der Waals surface area contributed by atoms with Crippen molar-refractivity contribution in [2.45, 2.75) is 39.2 Å². The van der Waals surface area contributed by atoms with E-state index in [0.29, 0.717) is 11.9 Å². The summed E-state index contributed by atoms with van der Waals surface area (Å²) in [4.78, 5) is 15.2. The maximum absolute atomic E-state index is 11.1. The highest BCUT2D eigenvalue weighted by molar-refractivity contribution is 5.93. The van der Waals surface area contributed by atoms with Crippen molar-refractivity contribution in [2.75, 3.05) is 5.32 Å². The first-order valence-electron chi connectivity index (χ1n) is 5.95. The maximum atomic E-state index is 11.1. The van der Waals surface area contributed by atoms with Crippen LogP contribution < -0.4 is 5.32 Å². The molecule has 1 aromatic rings. The molecule has 0 aromatic carbocycles. The Kier molecular flexibility index (Phi) is 3.05. The van der Waals surface area contributed by atoms with Crippen LogP contribution in [0.15, 0.2) is 18.3 Å².